The Morgan fingerprint density at radius 3 is 3.05 bits per heavy atom. The molecule has 0 saturated carbocycles. The Bertz CT molecular complexity index is 723. The third kappa shape index (κ3) is 3.21. The summed E-state index contributed by atoms with van der Waals surface area (Å²) >= 11 is 3.05. The van der Waals surface area contributed by atoms with Gasteiger partial charge in [0.15, 0.2) is 16.8 Å². The first-order valence-corrected chi connectivity index (χ1v) is 8.70. The van der Waals surface area contributed by atoms with Crippen LogP contribution in [0.3, 0.4) is 0 Å². The van der Waals surface area contributed by atoms with E-state index in [1.807, 2.05) is 22.1 Å². The number of aromatic nitrogens is 5. The second-order valence-electron chi connectivity index (χ2n) is 4.49. The molecule has 3 aromatic rings. The first-order valence-electron chi connectivity index (χ1n) is 6.84. The van der Waals surface area contributed by atoms with Gasteiger partial charge in [0.05, 0.1) is 10.6 Å². The van der Waals surface area contributed by atoms with Crippen molar-refractivity contribution in [1.29, 1.82) is 0 Å². The van der Waals surface area contributed by atoms with Crippen molar-refractivity contribution in [2.24, 2.45) is 0 Å². The van der Waals surface area contributed by atoms with E-state index < -0.39 is 0 Å². The summed E-state index contributed by atoms with van der Waals surface area (Å²) in [5, 5.41) is 24.1. The standard InChI is InChI=1S/C13H15N5O2S2/c1-2-5-18-11(7-19)15-16-13(18)22-8-10-14-12(20-17-10)9-4-3-6-21-9/h3-4,6,19H,2,5,7-8H2,1H3. The summed E-state index contributed by atoms with van der Waals surface area (Å²) in [6, 6.07) is 3.89. The molecule has 3 aromatic heterocycles. The molecule has 0 fully saturated rings. The predicted molar refractivity (Wildman–Crippen MR) is 83.4 cm³/mol. The molecule has 0 aromatic carbocycles. The number of nitrogens with zero attached hydrogens (tertiary/aromatic N) is 5. The molecule has 0 aliphatic rings. The van der Waals surface area contributed by atoms with E-state index in [4.69, 9.17) is 4.52 Å². The summed E-state index contributed by atoms with van der Waals surface area (Å²) in [6.07, 6.45) is 0.948. The molecule has 0 saturated heterocycles. The van der Waals surface area contributed by atoms with E-state index in [1.165, 1.54) is 11.8 Å². The Morgan fingerprint density at radius 1 is 1.41 bits per heavy atom. The maximum atomic E-state index is 9.28. The van der Waals surface area contributed by atoms with Crippen molar-refractivity contribution in [3.05, 3.63) is 29.2 Å². The third-order valence-electron chi connectivity index (χ3n) is 2.91. The molecule has 0 unspecified atom stereocenters. The van der Waals surface area contributed by atoms with Gasteiger partial charge in [-0.2, -0.15) is 4.98 Å². The van der Waals surface area contributed by atoms with Crippen LogP contribution in [-0.4, -0.2) is 30.0 Å². The van der Waals surface area contributed by atoms with Crippen LogP contribution in [0.25, 0.3) is 10.8 Å². The summed E-state index contributed by atoms with van der Waals surface area (Å²) in [5.41, 5.74) is 0. The van der Waals surface area contributed by atoms with Crippen molar-refractivity contribution in [2.45, 2.75) is 37.4 Å². The monoisotopic (exact) mass is 337 g/mol. The fourth-order valence-corrected chi connectivity index (χ4v) is 3.40. The lowest BCUT2D eigenvalue weighted by molar-refractivity contribution is 0.263. The van der Waals surface area contributed by atoms with Crippen LogP contribution in [0.5, 0.6) is 0 Å². The Kier molecular flexibility index (Phi) is 4.86. The van der Waals surface area contributed by atoms with Gasteiger partial charge in [-0.05, 0) is 17.9 Å². The molecule has 22 heavy (non-hydrogen) atoms. The summed E-state index contributed by atoms with van der Waals surface area (Å²) in [5.74, 6) is 2.28. The summed E-state index contributed by atoms with van der Waals surface area (Å²) < 4.78 is 7.18. The smallest absolute Gasteiger partial charge is 0.268 e. The average molecular weight is 337 g/mol. The molecule has 3 heterocycles. The Balaban J connectivity index is 1.69. The van der Waals surface area contributed by atoms with Gasteiger partial charge >= 0.3 is 0 Å². The normalized spacial score (nSPS) is 11.2. The Hall–Kier alpha value is -1.71. The van der Waals surface area contributed by atoms with Crippen molar-refractivity contribution in [3.8, 4) is 10.8 Å². The van der Waals surface area contributed by atoms with E-state index in [9.17, 15) is 5.11 Å². The van der Waals surface area contributed by atoms with Crippen LogP contribution in [0.15, 0.2) is 27.2 Å². The minimum atomic E-state index is -0.113. The van der Waals surface area contributed by atoms with Crippen LogP contribution in [0.1, 0.15) is 25.0 Å². The molecular formula is C13H15N5O2S2. The van der Waals surface area contributed by atoms with Gasteiger partial charge in [0.25, 0.3) is 5.89 Å². The van der Waals surface area contributed by atoms with Crippen LogP contribution >= 0.6 is 23.1 Å². The highest BCUT2D eigenvalue weighted by Crippen LogP contribution is 2.25. The molecule has 116 valence electrons. The van der Waals surface area contributed by atoms with Crippen LogP contribution in [-0.2, 0) is 18.9 Å². The maximum absolute atomic E-state index is 9.28. The zero-order chi connectivity index (χ0) is 15.4. The highest BCUT2D eigenvalue weighted by molar-refractivity contribution is 7.98. The highest BCUT2D eigenvalue weighted by Gasteiger charge is 2.14. The number of hydrogen-bond acceptors (Lipinski definition) is 8. The SMILES string of the molecule is CCCn1c(CO)nnc1SCc1noc(-c2cccs2)n1. The van der Waals surface area contributed by atoms with Gasteiger partial charge in [-0.15, -0.1) is 21.5 Å². The molecule has 0 aliphatic heterocycles. The molecular weight excluding hydrogens is 322 g/mol. The predicted octanol–water partition coefficient (Wildman–Crippen LogP) is 2.58. The fraction of sp³-hybridized carbons (Fsp3) is 0.385. The van der Waals surface area contributed by atoms with Gasteiger partial charge in [-0.25, -0.2) is 0 Å². The van der Waals surface area contributed by atoms with E-state index in [0.29, 0.717) is 23.3 Å². The van der Waals surface area contributed by atoms with Crippen LogP contribution in [0.4, 0.5) is 0 Å². The van der Waals surface area contributed by atoms with E-state index >= 15 is 0 Å². The molecule has 0 radical (unpaired) electrons. The Morgan fingerprint density at radius 2 is 2.32 bits per heavy atom. The maximum Gasteiger partial charge on any atom is 0.268 e. The number of rotatable bonds is 7. The van der Waals surface area contributed by atoms with Crippen molar-refractivity contribution in [2.75, 3.05) is 0 Å². The van der Waals surface area contributed by atoms with E-state index in [0.717, 1.165) is 23.0 Å². The van der Waals surface area contributed by atoms with Crippen molar-refractivity contribution in [1.82, 2.24) is 24.9 Å². The zero-order valence-electron chi connectivity index (χ0n) is 12.0. The van der Waals surface area contributed by atoms with Crippen molar-refractivity contribution >= 4 is 23.1 Å². The largest absolute Gasteiger partial charge is 0.388 e. The van der Waals surface area contributed by atoms with Crippen LogP contribution < -0.4 is 0 Å². The topological polar surface area (TPSA) is 89.9 Å². The van der Waals surface area contributed by atoms with E-state index in [2.05, 4.69) is 27.3 Å². The third-order valence-corrected chi connectivity index (χ3v) is 4.73. The number of thiophene rings is 1. The molecule has 0 aliphatic carbocycles. The lowest BCUT2D eigenvalue weighted by atomic mass is 10.4. The van der Waals surface area contributed by atoms with Gasteiger partial charge in [0, 0.05) is 6.54 Å². The van der Waals surface area contributed by atoms with Gasteiger partial charge in [0.1, 0.15) is 6.61 Å². The summed E-state index contributed by atoms with van der Waals surface area (Å²) in [4.78, 5) is 5.33. The van der Waals surface area contributed by atoms with Crippen LogP contribution in [0.2, 0.25) is 0 Å². The molecule has 0 amide bonds. The molecule has 1 N–H and O–H groups in total. The van der Waals surface area contributed by atoms with Gasteiger partial charge in [-0.3, -0.25) is 0 Å². The van der Waals surface area contributed by atoms with Crippen LogP contribution in [0, 0.1) is 0 Å². The molecule has 0 spiro atoms. The number of hydrogen-bond donors (Lipinski definition) is 1. The van der Waals surface area contributed by atoms with Crippen molar-refractivity contribution in [3.63, 3.8) is 0 Å². The fourth-order valence-electron chi connectivity index (χ4n) is 1.93. The van der Waals surface area contributed by atoms with Gasteiger partial charge < -0.3 is 14.2 Å². The lowest BCUT2D eigenvalue weighted by Gasteiger charge is -2.05. The molecule has 0 atom stereocenters. The average Bonchev–Trinajstić information content (AvgIpc) is 3.26. The van der Waals surface area contributed by atoms with E-state index in [1.54, 1.807) is 11.3 Å². The second kappa shape index (κ2) is 7.03. The minimum absolute atomic E-state index is 0.113. The van der Waals surface area contributed by atoms with Gasteiger partial charge in [-0.1, -0.05) is 29.9 Å². The minimum Gasteiger partial charge on any atom is -0.388 e. The summed E-state index contributed by atoms with van der Waals surface area (Å²) in [6.45, 7) is 2.73. The molecule has 3 rings (SSSR count). The highest BCUT2D eigenvalue weighted by atomic mass is 32.2. The molecule has 0 bridgehead atoms. The van der Waals surface area contributed by atoms with E-state index in [-0.39, 0.29) is 6.61 Å². The van der Waals surface area contributed by atoms with Gasteiger partial charge in [0.2, 0.25) is 0 Å². The van der Waals surface area contributed by atoms with Crippen molar-refractivity contribution < 1.29 is 9.63 Å². The number of thioether (sulfide) groups is 1. The molecule has 7 nitrogen and oxygen atoms in total. The Labute approximate surface area is 135 Å². The second-order valence-corrected chi connectivity index (χ2v) is 6.38. The first kappa shape index (κ1) is 15.2. The summed E-state index contributed by atoms with van der Waals surface area (Å²) in [7, 11) is 0. The quantitative estimate of drug-likeness (QED) is 0.663. The zero-order valence-corrected chi connectivity index (χ0v) is 13.6. The molecule has 9 heteroatoms. The lowest BCUT2D eigenvalue weighted by Crippen LogP contribution is -2.04. The number of aliphatic hydroxyl groups is 1. The number of aliphatic hydroxyl groups excluding tert-OH is 1. The first-order chi connectivity index (χ1) is 10.8.